The predicted octanol–water partition coefficient (Wildman–Crippen LogP) is 4.35. The van der Waals surface area contributed by atoms with Gasteiger partial charge in [0, 0.05) is 23.4 Å². The quantitative estimate of drug-likeness (QED) is 0.290. The van der Waals surface area contributed by atoms with Gasteiger partial charge in [0.2, 0.25) is 0 Å². The fraction of sp³-hybridized carbons (Fsp3) is 0.250. The minimum atomic E-state index is -1.04. The summed E-state index contributed by atoms with van der Waals surface area (Å²) >= 11 is 0. The van der Waals surface area contributed by atoms with Crippen molar-refractivity contribution in [2.75, 3.05) is 6.54 Å². The normalized spacial score (nSPS) is 13.0. The zero-order valence-corrected chi connectivity index (χ0v) is 19.9. The number of aromatic amines is 1. The van der Waals surface area contributed by atoms with E-state index in [1.165, 1.54) is 5.56 Å². The number of aromatic nitrogens is 2. The van der Waals surface area contributed by atoms with Crippen molar-refractivity contribution in [2.45, 2.75) is 32.2 Å². The Labute approximate surface area is 204 Å². The molecule has 7 heteroatoms. The number of carboxylic acid groups (broad SMARTS) is 1. The van der Waals surface area contributed by atoms with Gasteiger partial charge in [-0.25, -0.2) is 0 Å². The number of nitrogens with two attached hydrogens (primary N) is 1. The highest BCUT2D eigenvalue weighted by Gasteiger charge is 2.18. The van der Waals surface area contributed by atoms with E-state index in [1.54, 1.807) is 24.3 Å². The number of nitrogens with zero attached hydrogens (tertiary/aromatic N) is 1. The molecule has 1 amide bonds. The van der Waals surface area contributed by atoms with E-state index >= 15 is 0 Å². The van der Waals surface area contributed by atoms with E-state index in [4.69, 9.17) is 10.8 Å². The first-order valence-electron chi connectivity index (χ1n) is 11.7. The summed E-state index contributed by atoms with van der Waals surface area (Å²) in [4.78, 5) is 23.7. The Bertz CT molecular complexity index is 1310. The summed E-state index contributed by atoms with van der Waals surface area (Å²) in [5, 5.41) is 20.2. The van der Waals surface area contributed by atoms with Crippen LogP contribution in [0, 0.1) is 5.92 Å². The highest BCUT2D eigenvalue weighted by molar-refractivity contribution is 5.94. The van der Waals surface area contributed by atoms with Gasteiger partial charge < -0.3 is 16.2 Å². The van der Waals surface area contributed by atoms with Crippen LogP contribution in [0.25, 0.3) is 22.0 Å². The van der Waals surface area contributed by atoms with Gasteiger partial charge in [0.25, 0.3) is 5.91 Å². The van der Waals surface area contributed by atoms with Crippen LogP contribution >= 0.6 is 0 Å². The maximum atomic E-state index is 12.7. The second-order valence-corrected chi connectivity index (χ2v) is 9.20. The Morgan fingerprint density at radius 2 is 1.69 bits per heavy atom. The fourth-order valence-electron chi connectivity index (χ4n) is 4.22. The Morgan fingerprint density at radius 1 is 1.00 bits per heavy atom. The molecule has 0 aliphatic heterocycles. The Hall–Kier alpha value is -3.97. The molecule has 0 saturated heterocycles. The second-order valence-electron chi connectivity index (χ2n) is 9.20. The average molecular weight is 471 g/mol. The van der Waals surface area contributed by atoms with Gasteiger partial charge >= 0.3 is 5.97 Å². The molecule has 0 fully saturated rings. The van der Waals surface area contributed by atoms with Crippen molar-refractivity contribution >= 4 is 22.8 Å². The number of hydrogen-bond donors (Lipinski definition) is 4. The highest BCUT2D eigenvalue weighted by Crippen LogP contribution is 2.28. The molecule has 3 aromatic carbocycles. The first-order valence-corrected chi connectivity index (χ1v) is 11.7. The van der Waals surface area contributed by atoms with Crippen LogP contribution in [0.4, 0.5) is 0 Å². The van der Waals surface area contributed by atoms with Crippen LogP contribution in [0.3, 0.4) is 0 Å². The topological polar surface area (TPSA) is 121 Å². The lowest BCUT2D eigenvalue weighted by molar-refractivity contribution is -0.138. The van der Waals surface area contributed by atoms with Crippen LogP contribution in [0.5, 0.6) is 0 Å². The lowest BCUT2D eigenvalue weighted by Crippen LogP contribution is -2.32. The van der Waals surface area contributed by atoms with E-state index in [9.17, 15) is 9.59 Å². The predicted molar refractivity (Wildman–Crippen MR) is 137 cm³/mol. The third kappa shape index (κ3) is 5.75. The molecular formula is C28H30N4O3. The average Bonchev–Trinajstić information content (AvgIpc) is 3.32. The molecule has 1 unspecified atom stereocenters. The van der Waals surface area contributed by atoms with Crippen LogP contribution < -0.4 is 11.1 Å². The molecule has 1 aromatic heterocycles. The van der Waals surface area contributed by atoms with Gasteiger partial charge in [-0.2, -0.15) is 5.10 Å². The number of fused-ring (bicyclic) bond motifs is 1. The molecule has 1 heterocycles. The first kappa shape index (κ1) is 24.2. The van der Waals surface area contributed by atoms with Crippen molar-refractivity contribution in [3.63, 3.8) is 0 Å². The fourth-order valence-corrected chi connectivity index (χ4v) is 4.22. The first-order chi connectivity index (χ1) is 16.8. The number of carbonyl (C=O) groups is 2. The number of aliphatic carboxylic acids is 1. The molecule has 0 saturated carbocycles. The Balaban J connectivity index is 1.40. The standard InChI is InChI=1S/C28H30N4O3/c1-17(2)24(16-30-27(33)21-5-3-18(4-6-21)13-25(29)28(34)35)20-9-7-19(8-10-20)22-11-12-23-15-31-32-26(23)14-22/h3-12,14-15,17,24-25H,13,16,29H2,1-2H3,(H,30,33)(H,31,32)(H,34,35)/t24-,25?/m1/s1. The Kier molecular flexibility index (Phi) is 7.27. The maximum absolute atomic E-state index is 12.7. The van der Waals surface area contributed by atoms with Crippen LogP contribution in [-0.4, -0.2) is 39.8 Å². The summed E-state index contributed by atoms with van der Waals surface area (Å²) < 4.78 is 0. The van der Waals surface area contributed by atoms with Crippen molar-refractivity contribution in [2.24, 2.45) is 11.7 Å². The molecule has 5 N–H and O–H groups in total. The zero-order valence-electron chi connectivity index (χ0n) is 19.9. The third-order valence-corrected chi connectivity index (χ3v) is 6.39. The van der Waals surface area contributed by atoms with Crippen LogP contribution in [0.1, 0.15) is 41.3 Å². The van der Waals surface area contributed by atoms with E-state index in [2.05, 4.69) is 71.8 Å². The SMILES string of the molecule is CC(C)[C@@H](CNC(=O)c1ccc(CC(N)C(=O)O)cc1)c1ccc(-c2ccc3cn[nH]c3c2)cc1. The molecule has 7 nitrogen and oxygen atoms in total. The third-order valence-electron chi connectivity index (χ3n) is 6.39. The number of H-pyrrole nitrogens is 1. The van der Waals surface area contributed by atoms with Crippen LogP contribution in [0.2, 0.25) is 0 Å². The van der Waals surface area contributed by atoms with Gasteiger partial charge in [0.05, 0.1) is 11.7 Å². The molecule has 4 aromatic rings. The summed E-state index contributed by atoms with van der Waals surface area (Å²) in [7, 11) is 0. The lowest BCUT2D eigenvalue weighted by Gasteiger charge is -2.22. The van der Waals surface area contributed by atoms with Gasteiger partial charge in [-0.05, 0) is 52.8 Å². The molecule has 2 atom stereocenters. The van der Waals surface area contributed by atoms with Crippen molar-refractivity contribution in [1.82, 2.24) is 15.5 Å². The van der Waals surface area contributed by atoms with Crippen LogP contribution in [0.15, 0.2) is 72.9 Å². The van der Waals surface area contributed by atoms with Gasteiger partial charge in [-0.3, -0.25) is 14.7 Å². The molecule has 0 radical (unpaired) electrons. The molecule has 35 heavy (non-hydrogen) atoms. The summed E-state index contributed by atoms with van der Waals surface area (Å²) in [6, 6.07) is 20.7. The summed E-state index contributed by atoms with van der Waals surface area (Å²) in [6.07, 6.45) is 2.03. The number of carboxylic acids is 1. The van der Waals surface area contributed by atoms with E-state index in [1.807, 2.05) is 6.20 Å². The molecule has 180 valence electrons. The monoisotopic (exact) mass is 470 g/mol. The molecule has 0 aliphatic carbocycles. The number of carbonyl (C=O) groups excluding carboxylic acids is 1. The number of rotatable bonds is 9. The van der Waals surface area contributed by atoms with E-state index in [0.717, 1.165) is 27.6 Å². The van der Waals surface area contributed by atoms with Crippen molar-refractivity contribution in [1.29, 1.82) is 0 Å². The number of nitrogens with one attached hydrogen (secondary N) is 2. The van der Waals surface area contributed by atoms with E-state index in [-0.39, 0.29) is 18.2 Å². The maximum Gasteiger partial charge on any atom is 0.320 e. The van der Waals surface area contributed by atoms with Gasteiger partial charge in [0.1, 0.15) is 6.04 Å². The van der Waals surface area contributed by atoms with E-state index in [0.29, 0.717) is 18.0 Å². The molecule has 4 rings (SSSR count). The highest BCUT2D eigenvalue weighted by atomic mass is 16.4. The number of hydrogen-bond acceptors (Lipinski definition) is 4. The van der Waals surface area contributed by atoms with Gasteiger partial charge in [0.15, 0.2) is 0 Å². The summed E-state index contributed by atoms with van der Waals surface area (Å²) in [6.45, 7) is 4.82. The van der Waals surface area contributed by atoms with Gasteiger partial charge in [-0.15, -0.1) is 0 Å². The minimum Gasteiger partial charge on any atom is -0.480 e. The molecule has 0 aliphatic rings. The number of benzene rings is 3. The zero-order chi connectivity index (χ0) is 24.9. The number of amides is 1. The largest absolute Gasteiger partial charge is 0.480 e. The van der Waals surface area contributed by atoms with Crippen molar-refractivity contribution in [3.8, 4) is 11.1 Å². The van der Waals surface area contributed by atoms with E-state index < -0.39 is 12.0 Å². The molecule has 0 spiro atoms. The second kappa shape index (κ2) is 10.5. The minimum absolute atomic E-state index is 0.158. The molecule has 0 bridgehead atoms. The van der Waals surface area contributed by atoms with Gasteiger partial charge in [-0.1, -0.05) is 62.4 Å². The Morgan fingerprint density at radius 3 is 2.34 bits per heavy atom. The molecular weight excluding hydrogens is 440 g/mol. The summed E-state index contributed by atoms with van der Waals surface area (Å²) in [5.74, 6) is -0.703. The smallest absolute Gasteiger partial charge is 0.320 e. The lowest BCUT2D eigenvalue weighted by atomic mass is 9.87. The van der Waals surface area contributed by atoms with Crippen LogP contribution in [-0.2, 0) is 11.2 Å². The van der Waals surface area contributed by atoms with Crippen molar-refractivity contribution < 1.29 is 14.7 Å². The summed E-state index contributed by atoms with van der Waals surface area (Å²) in [5.41, 5.74) is 11.3. The van der Waals surface area contributed by atoms with Crippen molar-refractivity contribution in [3.05, 3.63) is 89.6 Å².